The van der Waals surface area contributed by atoms with Gasteiger partial charge in [0.15, 0.2) is 12.6 Å². The van der Waals surface area contributed by atoms with E-state index in [0.29, 0.717) is 23.0 Å². The Morgan fingerprint density at radius 2 is 1.35 bits per heavy atom. The lowest BCUT2D eigenvalue weighted by molar-refractivity contribution is 0.111. The molecule has 3 heteroatoms. The van der Waals surface area contributed by atoms with Crippen molar-refractivity contribution in [3.8, 4) is 16.9 Å². The van der Waals surface area contributed by atoms with Crippen molar-refractivity contribution in [2.45, 2.75) is 0 Å². The summed E-state index contributed by atoms with van der Waals surface area (Å²) in [5, 5.41) is 9.92. The predicted octanol–water partition coefficient (Wildman–Crippen LogP) is 2.68. The van der Waals surface area contributed by atoms with Gasteiger partial charge in [-0.2, -0.15) is 0 Å². The summed E-state index contributed by atoms with van der Waals surface area (Å²) in [5.74, 6) is -0.100. The summed E-state index contributed by atoms with van der Waals surface area (Å²) in [6, 6.07) is 11.8. The molecule has 2 rings (SSSR count). The van der Waals surface area contributed by atoms with Gasteiger partial charge in [-0.3, -0.25) is 9.59 Å². The molecule has 0 amide bonds. The third kappa shape index (κ3) is 1.95. The van der Waals surface area contributed by atoms with E-state index in [1.807, 2.05) is 0 Å². The van der Waals surface area contributed by atoms with E-state index >= 15 is 0 Å². The lowest BCUT2D eigenvalue weighted by Crippen LogP contribution is -1.90. The topological polar surface area (TPSA) is 54.4 Å². The van der Waals surface area contributed by atoms with Crippen LogP contribution in [0.1, 0.15) is 20.7 Å². The molecule has 0 aliphatic rings. The number of carbonyl (C=O) groups is 2. The van der Waals surface area contributed by atoms with Crippen molar-refractivity contribution in [3.63, 3.8) is 0 Å². The molecule has 0 aliphatic heterocycles. The number of aldehydes is 2. The summed E-state index contributed by atoms with van der Waals surface area (Å²) in [6.07, 6.45) is 1.31. The van der Waals surface area contributed by atoms with Crippen molar-refractivity contribution in [2.24, 2.45) is 0 Å². The summed E-state index contributed by atoms with van der Waals surface area (Å²) in [7, 11) is 0. The van der Waals surface area contributed by atoms with E-state index in [4.69, 9.17) is 0 Å². The van der Waals surface area contributed by atoms with Gasteiger partial charge in [0, 0.05) is 11.1 Å². The molecule has 0 radical (unpaired) electrons. The van der Waals surface area contributed by atoms with Gasteiger partial charge < -0.3 is 5.11 Å². The molecule has 2 aromatic carbocycles. The van der Waals surface area contributed by atoms with Crippen LogP contribution in [0.4, 0.5) is 0 Å². The van der Waals surface area contributed by atoms with Crippen LogP contribution in [-0.2, 0) is 0 Å². The highest BCUT2D eigenvalue weighted by Crippen LogP contribution is 2.32. The Hall–Kier alpha value is -2.42. The van der Waals surface area contributed by atoms with Gasteiger partial charge >= 0.3 is 0 Å². The van der Waals surface area contributed by atoms with Crippen molar-refractivity contribution in [1.29, 1.82) is 0 Å². The van der Waals surface area contributed by atoms with Crippen molar-refractivity contribution in [2.75, 3.05) is 0 Å². The van der Waals surface area contributed by atoms with Gasteiger partial charge in [0.05, 0.1) is 5.56 Å². The maximum atomic E-state index is 10.9. The van der Waals surface area contributed by atoms with E-state index in [2.05, 4.69) is 0 Å². The molecule has 0 spiro atoms. The number of hydrogen-bond donors (Lipinski definition) is 1. The van der Waals surface area contributed by atoms with E-state index in [9.17, 15) is 14.7 Å². The molecule has 0 bridgehead atoms. The molecule has 2 aromatic rings. The van der Waals surface area contributed by atoms with Crippen molar-refractivity contribution in [3.05, 3.63) is 53.6 Å². The first-order chi connectivity index (χ1) is 8.27. The van der Waals surface area contributed by atoms with Crippen LogP contribution in [0, 0.1) is 0 Å². The van der Waals surface area contributed by atoms with Crippen LogP contribution >= 0.6 is 0 Å². The number of carbonyl (C=O) groups excluding carboxylic acids is 2. The zero-order chi connectivity index (χ0) is 12.3. The normalized spacial score (nSPS) is 9.88. The van der Waals surface area contributed by atoms with Crippen LogP contribution in [0.15, 0.2) is 42.5 Å². The molecule has 0 aliphatic carbocycles. The maximum Gasteiger partial charge on any atom is 0.153 e. The van der Waals surface area contributed by atoms with Crippen LogP contribution in [0.3, 0.4) is 0 Å². The van der Waals surface area contributed by atoms with Crippen molar-refractivity contribution < 1.29 is 14.7 Å². The highest BCUT2D eigenvalue weighted by molar-refractivity contribution is 5.92. The molecule has 0 aromatic heterocycles. The van der Waals surface area contributed by atoms with Gasteiger partial charge in [0.2, 0.25) is 0 Å². The molecule has 0 saturated heterocycles. The molecule has 0 unspecified atom stereocenters. The van der Waals surface area contributed by atoms with Crippen molar-refractivity contribution >= 4 is 12.6 Å². The van der Waals surface area contributed by atoms with Crippen LogP contribution < -0.4 is 0 Å². The van der Waals surface area contributed by atoms with Crippen LogP contribution in [-0.4, -0.2) is 17.7 Å². The second kappa shape index (κ2) is 4.61. The summed E-state index contributed by atoms with van der Waals surface area (Å²) < 4.78 is 0. The number of phenolic OH excluding ortho intramolecular Hbond substituents is 1. The van der Waals surface area contributed by atoms with Gasteiger partial charge in [0.1, 0.15) is 5.75 Å². The first-order valence-corrected chi connectivity index (χ1v) is 5.09. The molecular formula is C14H10O3. The summed E-state index contributed by atoms with van der Waals surface area (Å²) in [4.78, 5) is 21.7. The first kappa shape index (κ1) is 11.1. The number of benzene rings is 2. The van der Waals surface area contributed by atoms with E-state index < -0.39 is 0 Å². The number of phenols is 1. The standard InChI is InChI=1S/C14H10O3/c15-8-10-4-1-2-6-12(10)13-7-3-5-11(9-16)14(13)17/h1-9,17H. The van der Waals surface area contributed by atoms with Crippen LogP contribution in [0.2, 0.25) is 0 Å². The fraction of sp³-hybridized carbons (Fsp3) is 0. The second-order valence-electron chi connectivity index (χ2n) is 3.57. The lowest BCUT2D eigenvalue weighted by Gasteiger charge is -2.08. The minimum Gasteiger partial charge on any atom is -0.507 e. The van der Waals surface area contributed by atoms with E-state index in [1.54, 1.807) is 36.4 Å². The molecule has 0 atom stereocenters. The van der Waals surface area contributed by atoms with Crippen LogP contribution in [0.5, 0.6) is 5.75 Å². The van der Waals surface area contributed by atoms with E-state index in [-0.39, 0.29) is 11.3 Å². The molecule has 1 N–H and O–H groups in total. The Morgan fingerprint density at radius 3 is 2.06 bits per heavy atom. The van der Waals surface area contributed by atoms with Gasteiger partial charge in [-0.15, -0.1) is 0 Å². The number of aromatic hydroxyl groups is 1. The maximum absolute atomic E-state index is 10.9. The zero-order valence-electron chi connectivity index (χ0n) is 8.96. The Bertz CT molecular complexity index is 573. The fourth-order valence-corrected chi connectivity index (χ4v) is 1.72. The van der Waals surface area contributed by atoms with Gasteiger partial charge in [-0.25, -0.2) is 0 Å². The van der Waals surface area contributed by atoms with E-state index in [0.717, 1.165) is 6.29 Å². The Labute approximate surface area is 98.3 Å². The quantitative estimate of drug-likeness (QED) is 0.818. The Balaban J connectivity index is 2.68. The summed E-state index contributed by atoms with van der Waals surface area (Å²) in [6.45, 7) is 0. The molecule has 3 nitrogen and oxygen atoms in total. The van der Waals surface area contributed by atoms with Gasteiger partial charge in [-0.1, -0.05) is 36.4 Å². The molecule has 0 heterocycles. The first-order valence-electron chi connectivity index (χ1n) is 5.09. The van der Waals surface area contributed by atoms with Crippen molar-refractivity contribution in [1.82, 2.24) is 0 Å². The average molecular weight is 226 g/mol. The second-order valence-corrected chi connectivity index (χ2v) is 3.57. The minimum absolute atomic E-state index is 0.100. The largest absolute Gasteiger partial charge is 0.507 e. The molecular weight excluding hydrogens is 216 g/mol. The number of para-hydroxylation sites is 1. The highest BCUT2D eigenvalue weighted by atomic mass is 16.3. The summed E-state index contributed by atoms with van der Waals surface area (Å²) >= 11 is 0. The van der Waals surface area contributed by atoms with E-state index in [1.165, 1.54) is 6.07 Å². The Kier molecular flexibility index (Phi) is 3.01. The molecule has 17 heavy (non-hydrogen) atoms. The average Bonchev–Trinajstić information content (AvgIpc) is 2.39. The molecule has 0 saturated carbocycles. The molecule has 84 valence electrons. The van der Waals surface area contributed by atoms with Crippen LogP contribution in [0.25, 0.3) is 11.1 Å². The van der Waals surface area contributed by atoms with Gasteiger partial charge in [0.25, 0.3) is 0 Å². The SMILES string of the molecule is O=Cc1ccccc1-c1cccc(C=O)c1O. The fourth-order valence-electron chi connectivity index (χ4n) is 1.72. The number of rotatable bonds is 3. The predicted molar refractivity (Wildman–Crippen MR) is 64.3 cm³/mol. The number of hydrogen-bond acceptors (Lipinski definition) is 3. The molecule has 0 fully saturated rings. The Morgan fingerprint density at radius 1 is 0.765 bits per heavy atom. The smallest absolute Gasteiger partial charge is 0.153 e. The van der Waals surface area contributed by atoms with Gasteiger partial charge in [-0.05, 0) is 11.6 Å². The monoisotopic (exact) mass is 226 g/mol. The zero-order valence-corrected chi connectivity index (χ0v) is 8.96. The highest BCUT2D eigenvalue weighted by Gasteiger charge is 2.11. The minimum atomic E-state index is -0.100. The third-order valence-corrected chi connectivity index (χ3v) is 2.57. The third-order valence-electron chi connectivity index (χ3n) is 2.57. The summed E-state index contributed by atoms with van der Waals surface area (Å²) in [5.41, 5.74) is 1.79. The lowest BCUT2D eigenvalue weighted by atomic mass is 9.98.